The van der Waals surface area contributed by atoms with Crippen molar-refractivity contribution in [3.63, 3.8) is 0 Å². The average Bonchev–Trinajstić information content (AvgIpc) is 2.89. The summed E-state index contributed by atoms with van der Waals surface area (Å²) in [6, 6.07) is 4.78. The summed E-state index contributed by atoms with van der Waals surface area (Å²) in [5.74, 6) is -1.46. The molecule has 14 heavy (non-hydrogen) atoms. The highest BCUT2D eigenvalue weighted by Crippen LogP contribution is 2.47. The van der Waals surface area contributed by atoms with Gasteiger partial charge in [0.15, 0.2) is 0 Å². The molecule has 1 aliphatic rings. The molecule has 0 radical (unpaired) electrons. The van der Waals surface area contributed by atoms with Gasteiger partial charge in [-0.3, -0.25) is 4.79 Å². The first-order valence-corrected chi connectivity index (χ1v) is 5.06. The van der Waals surface area contributed by atoms with Crippen molar-refractivity contribution in [1.82, 2.24) is 0 Å². The Morgan fingerprint density at radius 3 is 2.79 bits per heavy atom. The zero-order chi connectivity index (χ0) is 10.3. The monoisotopic (exact) mass is 258 g/mol. The van der Waals surface area contributed by atoms with Crippen molar-refractivity contribution >= 4 is 21.9 Å². The Balaban J connectivity index is 2.20. The van der Waals surface area contributed by atoms with Gasteiger partial charge in [-0.1, -0.05) is 6.07 Å². The molecule has 4 heteroatoms. The molecule has 0 heterocycles. The first kappa shape index (κ1) is 9.65. The summed E-state index contributed by atoms with van der Waals surface area (Å²) < 4.78 is 13.5. The first-order chi connectivity index (χ1) is 6.59. The SMILES string of the molecule is O=C(O)C1C[C@@H]1c1ccc(Br)c(F)c1. The number of carboxylic acids is 1. The number of hydrogen-bond donors (Lipinski definition) is 1. The van der Waals surface area contributed by atoms with E-state index in [0.717, 1.165) is 5.56 Å². The van der Waals surface area contributed by atoms with Crippen LogP contribution in [0.25, 0.3) is 0 Å². The molecule has 1 aromatic rings. The van der Waals surface area contributed by atoms with Crippen molar-refractivity contribution in [2.45, 2.75) is 12.3 Å². The van der Waals surface area contributed by atoms with Crippen LogP contribution in [0, 0.1) is 11.7 Å². The van der Waals surface area contributed by atoms with Crippen LogP contribution in [0.3, 0.4) is 0 Å². The van der Waals surface area contributed by atoms with Crippen molar-refractivity contribution in [1.29, 1.82) is 0 Å². The van der Waals surface area contributed by atoms with Gasteiger partial charge in [-0.25, -0.2) is 4.39 Å². The molecule has 1 aromatic carbocycles. The van der Waals surface area contributed by atoms with Crippen LogP contribution < -0.4 is 0 Å². The molecule has 1 unspecified atom stereocenters. The predicted octanol–water partition coefficient (Wildman–Crippen LogP) is 2.78. The smallest absolute Gasteiger partial charge is 0.307 e. The summed E-state index contributed by atoms with van der Waals surface area (Å²) in [5, 5.41) is 8.71. The van der Waals surface area contributed by atoms with Crippen LogP contribution in [0.1, 0.15) is 17.9 Å². The molecule has 2 rings (SSSR count). The van der Waals surface area contributed by atoms with Gasteiger partial charge < -0.3 is 5.11 Å². The summed E-state index contributed by atoms with van der Waals surface area (Å²) in [7, 11) is 0. The van der Waals surface area contributed by atoms with Gasteiger partial charge >= 0.3 is 5.97 Å². The molecular weight excluding hydrogens is 251 g/mol. The number of rotatable bonds is 2. The molecule has 0 aromatic heterocycles. The van der Waals surface area contributed by atoms with Gasteiger partial charge in [0, 0.05) is 0 Å². The van der Waals surface area contributed by atoms with E-state index >= 15 is 0 Å². The number of benzene rings is 1. The van der Waals surface area contributed by atoms with Crippen LogP contribution >= 0.6 is 15.9 Å². The summed E-state index contributed by atoms with van der Waals surface area (Å²) in [5.41, 5.74) is 0.776. The number of aliphatic carboxylic acids is 1. The van der Waals surface area contributed by atoms with Crippen LogP contribution in [0.5, 0.6) is 0 Å². The highest BCUT2D eigenvalue weighted by molar-refractivity contribution is 9.10. The molecule has 2 atom stereocenters. The van der Waals surface area contributed by atoms with Crippen LogP contribution in [-0.2, 0) is 4.79 Å². The Morgan fingerprint density at radius 1 is 1.57 bits per heavy atom. The maximum Gasteiger partial charge on any atom is 0.307 e. The molecule has 0 bridgehead atoms. The third kappa shape index (κ3) is 1.66. The summed E-state index contributed by atoms with van der Waals surface area (Å²) in [6.45, 7) is 0. The van der Waals surface area contributed by atoms with Gasteiger partial charge in [0.2, 0.25) is 0 Å². The highest BCUT2D eigenvalue weighted by Gasteiger charge is 2.44. The number of carboxylic acid groups (broad SMARTS) is 1. The minimum atomic E-state index is -0.793. The second-order valence-electron chi connectivity index (χ2n) is 3.46. The maximum atomic E-state index is 13.1. The summed E-state index contributed by atoms with van der Waals surface area (Å²) >= 11 is 3.05. The fourth-order valence-corrected chi connectivity index (χ4v) is 1.83. The average molecular weight is 259 g/mol. The van der Waals surface area contributed by atoms with Crippen molar-refractivity contribution in [2.24, 2.45) is 5.92 Å². The lowest BCUT2D eigenvalue weighted by atomic mass is 10.1. The van der Waals surface area contributed by atoms with Gasteiger partial charge in [0.1, 0.15) is 5.82 Å². The van der Waals surface area contributed by atoms with E-state index in [-0.39, 0.29) is 17.7 Å². The third-order valence-electron chi connectivity index (χ3n) is 2.48. The van der Waals surface area contributed by atoms with Crippen molar-refractivity contribution < 1.29 is 14.3 Å². The summed E-state index contributed by atoms with van der Waals surface area (Å²) in [4.78, 5) is 10.6. The number of halogens is 2. The Morgan fingerprint density at radius 2 is 2.29 bits per heavy atom. The van der Waals surface area contributed by atoms with Gasteiger partial charge in [-0.05, 0) is 46.0 Å². The standard InChI is InChI=1S/C10H8BrFO2/c11-8-2-1-5(3-9(8)12)6-4-7(6)10(13)14/h1-3,6-7H,4H2,(H,13,14)/t6-,7?/m1/s1. The van der Waals surface area contributed by atoms with Crippen molar-refractivity contribution in [3.8, 4) is 0 Å². The largest absolute Gasteiger partial charge is 0.481 e. The molecule has 0 spiro atoms. The second-order valence-corrected chi connectivity index (χ2v) is 4.31. The van der Waals surface area contributed by atoms with Crippen LogP contribution in [0.15, 0.2) is 22.7 Å². The topological polar surface area (TPSA) is 37.3 Å². The van der Waals surface area contributed by atoms with Crippen LogP contribution in [0.2, 0.25) is 0 Å². The van der Waals surface area contributed by atoms with E-state index in [9.17, 15) is 9.18 Å². The molecule has 0 saturated heterocycles. The van der Waals surface area contributed by atoms with E-state index in [0.29, 0.717) is 10.9 Å². The van der Waals surface area contributed by atoms with Gasteiger partial charge in [0.05, 0.1) is 10.4 Å². The normalized spacial score (nSPS) is 24.7. The second kappa shape index (κ2) is 3.35. The van der Waals surface area contributed by atoms with Gasteiger partial charge in [0.25, 0.3) is 0 Å². The molecule has 1 N–H and O–H groups in total. The van der Waals surface area contributed by atoms with E-state index < -0.39 is 5.97 Å². The Labute approximate surface area is 88.9 Å². The fourth-order valence-electron chi connectivity index (χ4n) is 1.58. The predicted molar refractivity (Wildman–Crippen MR) is 52.6 cm³/mol. The van der Waals surface area contributed by atoms with Gasteiger partial charge in [-0.2, -0.15) is 0 Å². The number of hydrogen-bond acceptors (Lipinski definition) is 1. The molecule has 2 nitrogen and oxygen atoms in total. The quantitative estimate of drug-likeness (QED) is 0.886. The zero-order valence-electron chi connectivity index (χ0n) is 7.21. The summed E-state index contributed by atoms with van der Waals surface area (Å²) in [6.07, 6.45) is 0.621. The van der Waals surface area contributed by atoms with Crippen molar-refractivity contribution in [3.05, 3.63) is 34.1 Å². The first-order valence-electron chi connectivity index (χ1n) is 4.27. The van der Waals surface area contributed by atoms with Crippen molar-refractivity contribution in [2.75, 3.05) is 0 Å². The Hall–Kier alpha value is -0.900. The minimum Gasteiger partial charge on any atom is -0.481 e. The Kier molecular flexibility index (Phi) is 2.31. The molecular formula is C10H8BrFO2. The van der Waals surface area contributed by atoms with Crippen LogP contribution in [0.4, 0.5) is 4.39 Å². The lowest BCUT2D eigenvalue weighted by molar-refractivity contribution is -0.138. The van der Waals surface area contributed by atoms with E-state index in [1.807, 2.05) is 0 Å². The molecule has 0 aliphatic heterocycles. The minimum absolute atomic E-state index is 0.00454. The van der Waals surface area contributed by atoms with E-state index in [1.165, 1.54) is 6.07 Å². The molecule has 1 fully saturated rings. The van der Waals surface area contributed by atoms with Gasteiger partial charge in [-0.15, -0.1) is 0 Å². The zero-order valence-corrected chi connectivity index (χ0v) is 8.79. The molecule has 1 aliphatic carbocycles. The molecule has 74 valence electrons. The fraction of sp³-hybridized carbons (Fsp3) is 0.300. The molecule has 0 amide bonds. The third-order valence-corrected chi connectivity index (χ3v) is 3.12. The van der Waals surface area contributed by atoms with E-state index in [2.05, 4.69) is 15.9 Å². The maximum absolute atomic E-state index is 13.1. The van der Waals surface area contributed by atoms with E-state index in [1.54, 1.807) is 12.1 Å². The lowest BCUT2D eigenvalue weighted by Gasteiger charge is -2.00. The highest BCUT2D eigenvalue weighted by atomic mass is 79.9. The lowest BCUT2D eigenvalue weighted by Crippen LogP contribution is -1.99. The number of carbonyl (C=O) groups is 1. The van der Waals surface area contributed by atoms with E-state index in [4.69, 9.17) is 5.11 Å². The van der Waals surface area contributed by atoms with Crippen LogP contribution in [-0.4, -0.2) is 11.1 Å². The Bertz CT molecular complexity index is 392. The molecule has 1 saturated carbocycles.